The average molecular weight is 250 g/mol. The Morgan fingerprint density at radius 3 is 3.06 bits per heavy atom. The van der Waals surface area contributed by atoms with Crippen LogP contribution in [0.25, 0.3) is 0 Å². The molecule has 5 nitrogen and oxygen atoms in total. The summed E-state index contributed by atoms with van der Waals surface area (Å²) in [5.41, 5.74) is 1.19. The standard InChI is InChI=1S/C13H22N4O/c1-3-14-12-5-4-7-17(13(12)18)8-6-11-9-15-16(2)10-11/h9-10,12,14H,3-8H2,1-2H3. The molecule has 1 aliphatic rings. The molecule has 100 valence electrons. The highest BCUT2D eigenvalue weighted by molar-refractivity contribution is 5.82. The topological polar surface area (TPSA) is 50.2 Å². The number of carbonyl (C=O) groups excluding carboxylic acids is 1. The van der Waals surface area contributed by atoms with Gasteiger partial charge in [-0.1, -0.05) is 6.92 Å². The molecule has 1 unspecified atom stereocenters. The quantitative estimate of drug-likeness (QED) is 0.831. The van der Waals surface area contributed by atoms with E-state index in [1.54, 1.807) is 4.68 Å². The number of nitrogens with one attached hydrogen (secondary N) is 1. The fraction of sp³-hybridized carbons (Fsp3) is 0.692. The fourth-order valence-corrected chi connectivity index (χ4v) is 2.46. The van der Waals surface area contributed by atoms with Gasteiger partial charge in [0.1, 0.15) is 0 Å². The van der Waals surface area contributed by atoms with Gasteiger partial charge in [-0.15, -0.1) is 0 Å². The first-order chi connectivity index (χ1) is 8.70. The van der Waals surface area contributed by atoms with Gasteiger partial charge in [-0.25, -0.2) is 0 Å². The van der Waals surface area contributed by atoms with E-state index in [1.165, 1.54) is 5.56 Å². The Morgan fingerprint density at radius 2 is 2.39 bits per heavy atom. The lowest BCUT2D eigenvalue weighted by Crippen LogP contribution is -2.51. The van der Waals surface area contributed by atoms with Gasteiger partial charge in [-0.05, 0) is 31.4 Å². The van der Waals surface area contributed by atoms with Crippen molar-refractivity contribution in [3.05, 3.63) is 18.0 Å². The van der Waals surface area contributed by atoms with Gasteiger partial charge in [0.2, 0.25) is 5.91 Å². The maximum atomic E-state index is 12.2. The van der Waals surface area contributed by atoms with Gasteiger partial charge in [-0.2, -0.15) is 5.10 Å². The molecule has 5 heteroatoms. The van der Waals surface area contributed by atoms with Gasteiger partial charge in [0.05, 0.1) is 12.2 Å². The molecule has 0 aromatic carbocycles. The van der Waals surface area contributed by atoms with Crippen molar-refractivity contribution in [3.63, 3.8) is 0 Å². The summed E-state index contributed by atoms with van der Waals surface area (Å²) in [7, 11) is 1.91. The third kappa shape index (κ3) is 3.10. The summed E-state index contributed by atoms with van der Waals surface area (Å²) in [5.74, 6) is 0.256. The Labute approximate surface area is 108 Å². The number of piperidine rings is 1. The number of rotatable bonds is 5. The first kappa shape index (κ1) is 13.1. The molecule has 2 heterocycles. The maximum absolute atomic E-state index is 12.2. The molecule has 1 aliphatic heterocycles. The number of likely N-dealkylation sites (N-methyl/N-ethyl adjacent to an activating group) is 1. The van der Waals surface area contributed by atoms with E-state index in [0.29, 0.717) is 0 Å². The molecule has 1 amide bonds. The third-order valence-corrected chi connectivity index (χ3v) is 3.41. The highest BCUT2D eigenvalue weighted by Gasteiger charge is 2.27. The molecule has 2 rings (SSSR count). The second-order valence-corrected chi connectivity index (χ2v) is 4.85. The van der Waals surface area contributed by atoms with Crippen LogP contribution in [-0.4, -0.2) is 46.3 Å². The van der Waals surface area contributed by atoms with Crippen molar-refractivity contribution in [1.29, 1.82) is 0 Å². The predicted octanol–water partition coefficient (Wildman–Crippen LogP) is 0.563. The normalized spacial score (nSPS) is 20.4. The van der Waals surface area contributed by atoms with Crippen LogP contribution in [-0.2, 0) is 18.3 Å². The Balaban J connectivity index is 1.86. The van der Waals surface area contributed by atoms with Crippen LogP contribution in [0.3, 0.4) is 0 Å². The second-order valence-electron chi connectivity index (χ2n) is 4.85. The molecule has 0 spiro atoms. The number of hydrogen-bond acceptors (Lipinski definition) is 3. The Morgan fingerprint density at radius 1 is 1.56 bits per heavy atom. The van der Waals surface area contributed by atoms with Crippen LogP contribution in [0.1, 0.15) is 25.3 Å². The summed E-state index contributed by atoms with van der Waals surface area (Å²) < 4.78 is 1.80. The molecule has 0 aliphatic carbocycles. The van der Waals surface area contributed by atoms with Gasteiger partial charge in [0.25, 0.3) is 0 Å². The summed E-state index contributed by atoms with van der Waals surface area (Å²) in [6, 6.07) is 0.0256. The van der Waals surface area contributed by atoms with E-state index in [4.69, 9.17) is 0 Å². The first-order valence-electron chi connectivity index (χ1n) is 6.70. The van der Waals surface area contributed by atoms with Gasteiger partial charge < -0.3 is 10.2 Å². The molecule has 1 fully saturated rings. The van der Waals surface area contributed by atoms with Crippen molar-refractivity contribution in [2.24, 2.45) is 7.05 Å². The lowest BCUT2D eigenvalue weighted by molar-refractivity contribution is -0.135. The molecule has 1 N–H and O–H groups in total. The zero-order valence-corrected chi connectivity index (χ0v) is 11.2. The number of likely N-dealkylation sites (tertiary alicyclic amines) is 1. The first-order valence-corrected chi connectivity index (χ1v) is 6.70. The number of amides is 1. The van der Waals surface area contributed by atoms with Crippen LogP contribution in [0.15, 0.2) is 12.4 Å². The van der Waals surface area contributed by atoms with Crippen LogP contribution in [0.2, 0.25) is 0 Å². The Kier molecular flexibility index (Phi) is 4.36. The Hall–Kier alpha value is -1.36. The maximum Gasteiger partial charge on any atom is 0.239 e. The van der Waals surface area contributed by atoms with E-state index in [2.05, 4.69) is 10.4 Å². The zero-order chi connectivity index (χ0) is 13.0. The smallest absolute Gasteiger partial charge is 0.239 e. The van der Waals surface area contributed by atoms with E-state index in [-0.39, 0.29) is 11.9 Å². The number of aromatic nitrogens is 2. The largest absolute Gasteiger partial charge is 0.341 e. The monoisotopic (exact) mass is 250 g/mol. The van der Waals surface area contributed by atoms with E-state index in [1.807, 2.05) is 31.3 Å². The summed E-state index contributed by atoms with van der Waals surface area (Å²) in [5, 5.41) is 7.40. The van der Waals surface area contributed by atoms with Crippen molar-refractivity contribution in [2.45, 2.75) is 32.2 Å². The molecule has 18 heavy (non-hydrogen) atoms. The van der Waals surface area contributed by atoms with Crippen molar-refractivity contribution in [3.8, 4) is 0 Å². The minimum Gasteiger partial charge on any atom is -0.341 e. The van der Waals surface area contributed by atoms with Gasteiger partial charge in [0, 0.05) is 26.3 Å². The molecular weight excluding hydrogens is 228 g/mol. The van der Waals surface area contributed by atoms with Gasteiger partial charge in [-0.3, -0.25) is 9.48 Å². The summed E-state index contributed by atoms with van der Waals surface area (Å²) >= 11 is 0. The molecule has 1 aromatic heterocycles. The predicted molar refractivity (Wildman–Crippen MR) is 70.2 cm³/mol. The van der Waals surface area contributed by atoms with Crippen molar-refractivity contribution >= 4 is 5.91 Å². The highest BCUT2D eigenvalue weighted by Crippen LogP contribution is 2.12. The van der Waals surface area contributed by atoms with Crippen molar-refractivity contribution in [2.75, 3.05) is 19.6 Å². The second kappa shape index (κ2) is 6.00. The van der Waals surface area contributed by atoms with Crippen molar-refractivity contribution in [1.82, 2.24) is 20.0 Å². The number of aryl methyl sites for hydroxylation is 1. The van der Waals surface area contributed by atoms with Crippen LogP contribution in [0, 0.1) is 0 Å². The molecule has 0 radical (unpaired) electrons. The molecule has 1 aromatic rings. The Bertz CT molecular complexity index is 399. The van der Waals surface area contributed by atoms with E-state index < -0.39 is 0 Å². The zero-order valence-electron chi connectivity index (χ0n) is 11.2. The van der Waals surface area contributed by atoms with Crippen LogP contribution < -0.4 is 5.32 Å². The van der Waals surface area contributed by atoms with E-state index in [0.717, 1.165) is 38.9 Å². The highest BCUT2D eigenvalue weighted by atomic mass is 16.2. The summed E-state index contributed by atoms with van der Waals surface area (Å²) in [6.45, 7) is 4.59. The molecule has 0 saturated carbocycles. The van der Waals surface area contributed by atoms with E-state index >= 15 is 0 Å². The van der Waals surface area contributed by atoms with Crippen molar-refractivity contribution < 1.29 is 4.79 Å². The van der Waals surface area contributed by atoms with E-state index in [9.17, 15) is 4.79 Å². The number of carbonyl (C=O) groups is 1. The molecule has 1 atom stereocenters. The van der Waals surface area contributed by atoms with Crippen LogP contribution >= 0.6 is 0 Å². The SMILES string of the molecule is CCNC1CCCN(CCc2cnn(C)c2)C1=O. The average Bonchev–Trinajstić information content (AvgIpc) is 2.77. The number of hydrogen-bond donors (Lipinski definition) is 1. The molecule has 1 saturated heterocycles. The molecular formula is C13H22N4O. The number of nitrogens with zero attached hydrogens (tertiary/aromatic N) is 3. The minimum atomic E-state index is 0.0256. The fourth-order valence-electron chi connectivity index (χ4n) is 2.46. The van der Waals surface area contributed by atoms with Gasteiger partial charge in [0.15, 0.2) is 0 Å². The third-order valence-electron chi connectivity index (χ3n) is 3.41. The van der Waals surface area contributed by atoms with Crippen LogP contribution in [0.5, 0.6) is 0 Å². The molecule has 0 bridgehead atoms. The minimum absolute atomic E-state index is 0.0256. The lowest BCUT2D eigenvalue weighted by Gasteiger charge is -2.32. The van der Waals surface area contributed by atoms with Gasteiger partial charge >= 0.3 is 0 Å². The summed E-state index contributed by atoms with van der Waals surface area (Å²) in [4.78, 5) is 14.2. The van der Waals surface area contributed by atoms with Crippen LogP contribution in [0.4, 0.5) is 0 Å². The summed E-state index contributed by atoms with van der Waals surface area (Å²) in [6.07, 6.45) is 6.83. The lowest BCUT2D eigenvalue weighted by atomic mass is 10.0.